The summed E-state index contributed by atoms with van der Waals surface area (Å²) in [6.07, 6.45) is -0.488. The number of likely N-dealkylation sites (N-methyl/N-ethyl adjacent to an activating group) is 1. The van der Waals surface area contributed by atoms with E-state index in [1.165, 1.54) is 60.1 Å². The van der Waals surface area contributed by atoms with Crippen LogP contribution in [0.25, 0.3) is 16.8 Å². The highest BCUT2D eigenvalue weighted by molar-refractivity contribution is 5.97. The average Bonchev–Trinajstić information content (AvgIpc) is 3.04. The molecule has 0 unspecified atom stereocenters. The minimum Gasteiger partial charge on any atom is -0.469 e. The van der Waals surface area contributed by atoms with Crippen molar-refractivity contribution in [2.45, 2.75) is 59.5 Å². The van der Waals surface area contributed by atoms with E-state index < -0.39 is 65.1 Å². The van der Waals surface area contributed by atoms with E-state index in [2.05, 4.69) is 5.32 Å². The molecule has 12 heteroatoms. The average molecular weight is 694 g/mol. The number of benzene rings is 3. The highest BCUT2D eigenvalue weighted by Crippen LogP contribution is 2.34. The van der Waals surface area contributed by atoms with E-state index in [1.807, 2.05) is 13.8 Å². The lowest BCUT2D eigenvalue weighted by Gasteiger charge is -2.31. The van der Waals surface area contributed by atoms with Gasteiger partial charge in [-0.2, -0.15) is 0 Å². The van der Waals surface area contributed by atoms with Crippen LogP contribution in [0.4, 0.5) is 17.6 Å². The van der Waals surface area contributed by atoms with E-state index >= 15 is 8.78 Å². The zero-order valence-electron chi connectivity index (χ0n) is 28.9. The van der Waals surface area contributed by atoms with E-state index in [0.29, 0.717) is 28.1 Å². The SMILES string of the molecule is COC(=O)C[C@H](NC(=O)[C@H](CC(C)C)N(C)C(=O)c1ccc(C)n(-c2ccc(F)cc2)c1=O)c1cc(-c2c(C)cc(F)cc2C)cc(F)c1F. The topological polar surface area (TPSA) is 97.7 Å². The Labute approximate surface area is 287 Å². The molecule has 0 spiro atoms. The molecule has 4 aromatic rings. The summed E-state index contributed by atoms with van der Waals surface area (Å²) in [6, 6.07) is 10.1. The third kappa shape index (κ3) is 8.12. The van der Waals surface area contributed by atoms with Gasteiger partial charge in [0.1, 0.15) is 23.2 Å². The van der Waals surface area contributed by atoms with Crippen molar-refractivity contribution in [2.75, 3.05) is 14.2 Å². The van der Waals surface area contributed by atoms with Crippen LogP contribution in [0, 0.1) is 50.0 Å². The summed E-state index contributed by atoms with van der Waals surface area (Å²) >= 11 is 0. The predicted molar refractivity (Wildman–Crippen MR) is 181 cm³/mol. The molecule has 8 nitrogen and oxygen atoms in total. The molecular weight excluding hydrogens is 654 g/mol. The van der Waals surface area contributed by atoms with Gasteiger partial charge in [-0.3, -0.25) is 23.7 Å². The van der Waals surface area contributed by atoms with Crippen LogP contribution in [-0.4, -0.2) is 47.4 Å². The maximum absolute atomic E-state index is 15.6. The van der Waals surface area contributed by atoms with Crippen LogP contribution in [0.3, 0.4) is 0 Å². The molecule has 0 saturated heterocycles. The molecule has 264 valence electrons. The van der Waals surface area contributed by atoms with Crippen molar-refractivity contribution < 1.29 is 36.7 Å². The van der Waals surface area contributed by atoms with Crippen molar-refractivity contribution in [3.05, 3.63) is 122 Å². The highest BCUT2D eigenvalue weighted by atomic mass is 19.2. The van der Waals surface area contributed by atoms with Gasteiger partial charge < -0.3 is 15.0 Å². The normalized spacial score (nSPS) is 12.4. The fourth-order valence-electron chi connectivity index (χ4n) is 6.05. The molecule has 1 N–H and O–H groups in total. The number of hydrogen-bond acceptors (Lipinski definition) is 5. The molecule has 0 saturated carbocycles. The molecule has 0 radical (unpaired) electrons. The predicted octanol–water partition coefficient (Wildman–Crippen LogP) is 6.89. The summed E-state index contributed by atoms with van der Waals surface area (Å²) in [7, 11) is 2.45. The van der Waals surface area contributed by atoms with Gasteiger partial charge in [0.2, 0.25) is 5.91 Å². The second kappa shape index (κ2) is 15.5. The quantitative estimate of drug-likeness (QED) is 0.136. The zero-order chi connectivity index (χ0) is 37.0. The monoisotopic (exact) mass is 693 g/mol. The molecule has 3 aromatic carbocycles. The van der Waals surface area contributed by atoms with Crippen LogP contribution in [0.1, 0.15) is 65.5 Å². The van der Waals surface area contributed by atoms with Crippen LogP contribution < -0.4 is 10.9 Å². The smallest absolute Gasteiger partial charge is 0.307 e. The molecule has 2 atom stereocenters. The lowest BCUT2D eigenvalue weighted by atomic mass is 9.91. The molecule has 0 bridgehead atoms. The molecule has 50 heavy (non-hydrogen) atoms. The number of nitrogens with one attached hydrogen (secondary N) is 1. The van der Waals surface area contributed by atoms with E-state index in [9.17, 15) is 28.0 Å². The Bertz CT molecular complexity index is 1970. The van der Waals surface area contributed by atoms with Crippen molar-refractivity contribution >= 4 is 17.8 Å². The fourth-order valence-corrected chi connectivity index (χ4v) is 6.05. The number of methoxy groups -OCH3 is 1. The number of nitrogens with zero attached hydrogens (tertiary/aromatic N) is 2. The Morgan fingerprint density at radius 3 is 2.08 bits per heavy atom. The van der Waals surface area contributed by atoms with Gasteiger partial charge in [0.05, 0.1) is 19.6 Å². The lowest BCUT2D eigenvalue weighted by molar-refractivity contribution is -0.141. The van der Waals surface area contributed by atoms with Crippen LogP contribution >= 0.6 is 0 Å². The van der Waals surface area contributed by atoms with Gasteiger partial charge in [-0.05, 0) is 116 Å². The first-order valence-corrected chi connectivity index (χ1v) is 15.9. The number of ether oxygens (including phenoxy) is 1. The molecule has 2 amide bonds. The van der Waals surface area contributed by atoms with Crippen molar-refractivity contribution in [3.8, 4) is 16.8 Å². The molecule has 0 aliphatic rings. The van der Waals surface area contributed by atoms with E-state index in [0.717, 1.165) is 18.1 Å². The number of aryl methyl sites for hydroxylation is 3. The van der Waals surface area contributed by atoms with Crippen LogP contribution in [0.15, 0.2) is 65.5 Å². The van der Waals surface area contributed by atoms with Gasteiger partial charge in [0, 0.05) is 24.0 Å². The highest BCUT2D eigenvalue weighted by Gasteiger charge is 2.33. The maximum atomic E-state index is 15.6. The maximum Gasteiger partial charge on any atom is 0.307 e. The van der Waals surface area contributed by atoms with Gasteiger partial charge in [0.15, 0.2) is 11.6 Å². The minimum absolute atomic E-state index is 0.0991. The number of carbonyl (C=O) groups is 3. The van der Waals surface area contributed by atoms with Crippen LogP contribution in [0.2, 0.25) is 0 Å². The number of amides is 2. The first kappa shape index (κ1) is 37.6. The van der Waals surface area contributed by atoms with Crippen molar-refractivity contribution in [1.29, 1.82) is 0 Å². The first-order chi connectivity index (χ1) is 23.5. The number of esters is 1. The summed E-state index contributed by atoms with van der Waals surface area (Å²) in [5.41, 5.74) is 1.05. The summed E-state index contributed by atoms with van der Waals surface area (Å²) in [4.78, 5) is 55.1. The second-order valence-electron chi connectivity index (χ2n) is 12.7. The molecular formula is C38H39F4N3O5. The molecule has 4 rings (SSSR count). The zero-order valence-corrected chi connectivity index (χ0v) is 28.9. The standard InChI is InChI=1S/C38H39F4N3O5/c1-20(2)14-32(44(6)37(48)28-13-8-23(5)45(38(28)49)27-11-9-25(39)10-12-27)36(47)43-31(19-33(46)50-7)29-17-24(18-30(41)35(29)42)34-21(3)15-26(40)16-22(34)4/h8-13,15-18,20,31-32H,14,19H2,1-7H3,(H,43,47)/t31-,32-/m0/s1. The van der Waals surface area contributed by atoms with Crippen LogP contribution in [0.5, 0.6) is 0 Å². The number of rotatable bonds is 11. The minimum atomic E-state index is -1.45. The number of carbonyl (C=O) groups excluding carboxylic acids is 3. The number of hydrogen-bond donors (Lipinski definition) is 1. The van der Waals surface area contributed by atoms with E-state index in [4.69, 9.17) is 4.74 Å². The Morgan fingerprint density at radius 1 is 0.880 bits per heavy atom. The Morgan fingerprint density at radius 2 is 1.50 bits per heavy atom. The molecule has 0 fully saturated rings. The molecule has 0 aliphatic heterocycles. The van der Waals surface area contributed by atoms with Crippen molar-refractivity contribution in [2.24, 2.45) is 5.92 Å². The van der Waals surface area contributed by atoms with E-state index in [1.54, 1.807) is 26.8 Å². The van der Waals surface area contributed by atoms with Crippen LogP contribution in [-0.2, 0) is 14.3 Å². The molecule has 1 aromatic heterocycles. The third-order valence-electron chi connectivity index (χ3n) is 8.51. The van der Waals surface area contributed by atoms with Gasteiger partial charge in [-0.1, -0.05) is 13.8 Å². The number of pyridine rings is 1. The van der Waals surface area contributed by atoms with Gasteiger partial charge in [0.25, 0.3) is 11.5 Å². The van der Waals surface area contributed by atoms with Gasteiger partial charge in [-0.15, -0.1) is 0 Å². The lowest BCUT2D eigenvalue weighted by Crippen LogP contribution is -2.50. The van der Waals surface area contributed by atoms with Gasteiger partial charge in [-0.25, -0.2) is 17.6 Å². The van der Waals surface area contributed by atoms with Crippen molar-refractivity contribution in [1.82, 2.24) is 14.8 Å². The molecule has 1 heterocycles. The summed E-state index contributed by atoms with van der Waals surface area (Å²) in [6.45, 7) is 8.50. The van der Waals surface area contributed by atoms with E-state index in [-0.39, 0.29) is 29.0 Å². The Kier molecular flexibility index (Phi) is 11.7. The Hall–Kier alpha value is -5.26. The van der Waals surface area contributed by atoms with Crippen molar-refractivity contribution in [3.63, 3.8) is 0 Å². The summed E-state index contributed by atoms with van der Waals surface area (Å²) in [5.74, 6) is -6.16. The second-order valence-corrected chi connectivity index (χ2v) is 12.7. The summed E-state index contributed by atoms with van der Waals surface area (Å²) < 4.78 is 64.4. The first-order valence-electron chi connectivity index (χ1n) is 15.9. The largest absolute Gasteiger partial charge is 0.469 e. The molecule has 0 aliphatic carbocycles. The summed E-state index contributed by atoms with van der Waals surface area (Å²) in [5, 5.41) is 2.62. The fraction of sp³-hybridized carbons (Fsp3) is 0.316. The number of halogens is 4. The number of aromatic nitrogens is 1. The van der Waals surface area contributed by atoms with Gasteiger partial charge >= 0.3 is 5.97 Å². The third-order valence-corrected chi connectivity index (χ3v) is 8.51. The Balaban J connectivity index is 1.75.